The molecule has 0 aliphatic heterocycles. The van der Waals surface area contributed by atoms with Crippen molar-refractivity contribution < 1.29 is 49.2 Å². The summed E-state index contributed by atoms with van der Waals surface area (Å²) in [4.78, 5) is 0. The maximum absolute atomic E-state index is 11.6. The molecule has 0 fully saturated rings. The van der Waals surface area contributed by atoms with Crippen LogP contribution in [0.4, 0.5) is 0 Å². The average Bonchev–Trinajstić information content (AvgIpc) is 3.06. The molecule has 0 aliphatic rings. The van der Waals surface area contributed by atoms with Crippen LogP contribution in [0.3, 0.4) is 0 Å². The van der Waals surface area contributed by atoms with E-state index in [2.05, 4.69) is 76.7 Å². The van der Waals surface area contributed by atoms with Gasteiger partial charge in [-0.25, -0.2) is 0 Å². The molecule has 2 N–H and O–H groups in total. The fourth-order valence-corrected chi connectivity index (χ4v) is 5.69. The summed E-state index contributed by atoms with van der Waals surface area (Å²) in [7, 11) is 0. The van der Waals surface area contributed by atoms with Gasteiger partial charge in [0.25, 0.3) is 5.03 Å². The predicted octanol–water partition coefficient (Wildman–Crippen LogP) is 4.96. The van der Waals surface area contributed by atoms with Gasteiger partial charge < -0.3 is 33.7 Å². The average molecular weight is 880 g/mol. The van der Waals surface area contributed by atoms with Crippen molar-refractivity contribution in [2.24, 2.45) is 0 Å². The molecule has 5 rings (SSSR count). The van der Waals surface area contributed by atoms with Crippen LogP contribution in [0, 0.1) is 43.3 Å². The van der Waals surface area contributed by atoms with E-state index in [1.807, 2.05) is 0 Å². The molecule has 2 aromatic carbocycles. The fraction of sp³-hybridized carbons (Fsp3) is 0.182. The molecule has 3 aromatic heterocycles. The van der Waals surface area contributed by atoms with Crippen LogP contribution < -0.4 is 43.7 Å². The molecule has 262 valence electrons. The number of pyridine rings is 3. The topological polar surface area (TPSA) is 112 Å². The Morgan fingerprint density at radius 2 is 1.10 bits per heavy atom. The molecule has 0 saturated heterocycles. The zero-order valence-electron chi connectivity index (χ0n) is 29.3. The number of rotatable bonds is 4. The number of hydrogen-bond donors (Lipinski definition) is 0. The second kappa shape index (κ2) is 30.8. The Morgan fingerprint density at radius 3 is 1.51 bits per heavy atom. The summed E-state index contributed by atoms with van der Waals surface area (Å²) >= 11 is 37.0. The van der Waals surface area contributed by atoms with E-state index in [4.69, 9.17) is 58.0 Å². The molecule has 0 atom stereocenters. The van der Waals surface area contributed by atoms with Gasteiger partial charge in [-0.1, -0.05) is 82.3 Å². The van der Waals surface area contributed by atoms with Gasteiger partial charge in [-0.05, 0) is 91.5 Å². The summed E-state index contributed by atoms with van der Waals surface area (Å²) in [6.45, 7) is 8.30. The van der Waals surface area contributed by atoms with E-state index >= 15 is 0 Å². The third-order valence-electron chi connectivity index (χ3n) is 6.11. The maximum atomic E-state index is 11.6. The van der Waals surface area contributed by atoms with Crippen LogP contribution in [0.25, 0.3) is 0 Å². The first-order valence-electron chi connectivity index (χ1n) is 14.5. The molecule has 0 bridgehead atoms. The van der Waals surface area contributed by atoms with Gasteiger partial charge in [-0.15, -0.1) is 11.6 Å². The molecule has 5 aromatic rings. The Labute approximate surface area is 393 Å². The molecule has 3 heterocycles. The van der Waals surface area contributed by atoms with Crippen molar-refractivity contribution in [1.82, 2.24) is 0 Å². The Kier molecular flexibility index (Phi) is 33.8. The Balaban J connectivity index is -0.000000609. The first kappa shape index (κ1) is 56.0. The van der Waals surface area contributed by atoms with Crippen molar-refractivity contribution in [3.63, 3.8) is 0 Å². The Bertz CT molecular complexity index is 1660. The van der Waals surface area contributed by atoms with Crippen molar-refractivity contribution in [1.29, 1.82) is 0 Å². The minimum Gasteiger partial charge on any atom is -0.708 e. The number of thioether (sulfide) groups is 1. The van der Waals surface area contributed by atoms with Gasteiger partial charge in [0.05, 0.1) is 10.0 Å². The minimum absolute atomic E-state index is 0. The van der Waals surface area contributed by atoms with E-state index in [0.717, 1.165) is 10.5 Å². The van der Waals surface area contributed by atoms with Crippen LogP contribution in [-0.2, 0) is 24.3 Å². The molecule has 0 aliphatic carbocycles. The van der Waals surface area contributed by atoms with Gasteiger partial charge in [-0.2, -0.15) is 27.7 Å². The van der Waals surface area contributed by atoms with Crippen LogP contribution in [0.2, 0.25) is 20.2 Å². The predicted molar refractivity (Wildman–Crippen MR) is 218 cm³/mol. The van der Waals surface area contributed by atoms with E-state index in [0.29, 0.717) is 30.4 Å². The van der Waals surface area contributed by atoms with Crippen molar-refractivity contribution in [2.45, 2.75) is 49.4 Å². The second-order valence-electron chi connectivity index (χ2n) is 9.73. The molecule has 0 saturated carbocycles. The van der Waals surface area contributed by atoms with Crippen molar-refractivity contribution in [3.05, 3.63) is 161 Å². The number of nitrogens with zero attached hydrogens (tertiary/aromatic N) is 3. The summed E-state index contributed by atoms with van der Waals surface area (Å²) < 4.78 is 1.87. The fourth-order valence-electron chi connectivity index (χ4n) is 3.52. The summed E-state index contributed by atoms with van der Waals surface area (Å²) in [6.07, 6.45) is 4.07. The number of aromatic nitrogens is 3. The van der Waals surface area contributed by atoms with Crippen molar-refractivity contribution >= 4 is 140 Å². The summed E-state index contributed by atoms with van der Waals surface area (Å²) in [5, 5.41) is 34.5. The number of aryl methyl sites for hydroxylation is 4. The first-order chi connectivity index (χ1) is 22.7. The number of alkyl halides is 1. The molecule has 0 radical (unpaired) electrons. The van der Waals surface area contributed by atoms with Crippen LogP contribution in [0.15, 0.2) is 101 Å². The van der Waals surface area contributed by atoms with Gasteiger partial charge in [-0.3, -0.25) is 0 Å². The summed E-state index contributed by atoms with van der Waals surface area (Å²) in [5.41, 5.74) is 7.49. The third-order valence-corrected chi connectivity index (χ3v) is 9.53. The SMILES string of the molecule is Cc1ccc(C)c(CCl)c1.Cc1ccc(C)c(CSc2c(Cl)ccc[n+]2[O-])c1.O.S.[Na+].[Na][Na].[O-][n+]1cccc(Cl)c1Cl.[O-][n+]1cccc(Cl)c1[S-]. The standard InChI is InChI=1S/C14H14ClNOS.C9H11Cl.C5H3Cl2NO.C5H4ClNOS.3Na.H2O.H2S/c1-10-5-6-11(2)12(8-10)9-18-14-13(15)4-3-7-16(14)17;1-7-3-4-8(2)9(5-7)6-10;6-4-2-1-3-8(9)5(4)7;6-4-2-1-3-7(8)5(4)9;;;;;/h3-8H,9H2,1-2H3;3-5H,6H2,1-2H3;1-3H;1-3,9H;;;;2*1H2/q;;;;;;+1;;/p-1. The van der Waals surface area contributed by atoms with Crippen LogP contribution in [0.1, 0.15) is 33.4 Å². The summed E-state index contributed by atoms with van der Waals surface area (Å²) in [6, 6.07) is 22.3. The minimum atomic E-state index is 0. The maximum Gasteiger partial charge on any atom is 0.305 e. The monoisotopic (exact) mass is 877 g/mol. The molecule has 18 heteroatoms. The molecule has 0 spiro atoms. The third kappa shape index (κ3) is 20.9. The van der Waals surface area contributed by atoms with Crippen molar-refractivity contribution in [2.75, 3.05) is 0 Å². The van der Waals surface area contributed by atoms with Gasteiger partial charge in [0, 0.05) is 29.8 Å². The first-order valence-corrected chi connectivity index (χ1v) is 26.0. The molecule has 0 amide bonds. The van der Waals surface area contributed by atoms with Crippen LogP contribution in [0.5, 0.6) is 0 Å². The normalized spacial score (nSPS) is 9.20. The Hall–Kier alpha value is 0.620. The quantitative estimate of drug-likeness (QED) is 0.0483. The van der Waals surface area contributed by atoms with Gasteiger partial charge in [0.15, 0.2) is 18.6 Å². The number of halogens is 5. The number of hydrogen-bond acceptors (Lipinski definition) is 5. The zero-order chi connectivity index (χ0) is 36.4. The van der Waals surface area contributed by atoms with E-state index < -0.39 is 0 Å². The smallest absolute Gasteiger partial charge is 0.305 e. The van der Waals surface area contributed by atoms with Crippen LogP contribution >= 0.6 is 83.3 Å². The molecule has 0 unspecified atom stereocenters. The largest absolute Gasteiger partial charge is 0.708 e. The van der Waals surface area contributed by atoms with E-state index in [1.54, 1.807) is 30.3 Å². The van der Waals surface area contributed by atoms with E-state index in [1.165, 1.54) is 113 Å². The molecular formula is C33H35Cl5N3Na3O4S3. The molecule has 51 heavy (non-hydrogen) atoms. The van der Waals surface area contributed by atoms with Gasteiger partial charge >= 0.3 is 78.3 Å². The van der Waals surface area contributed by atoms with E-state index in [9.17, 15) is 15.6 Å². The van der Waals surface area contributed by atoms with Gasteiger partial charge in [0.2, 0.25) is 0 Å². The zero-order valence-corrected chi connectivity index (χ0v) is 41.8. The van der Waals surface area contributed by atoms with Crippen molar-refractivity contribution in [3.8, 4) is 0 Å². The van der Waals surface area contributed by atoms with Gasteiger partial charge in [0.1, 0.15) is 10.0 Å². The Morgan fingerprint density at radius 1 is 0.667 bits per heavy atom. The van der Waals surface area contributed by atoms with Crippen LogP contribution in [-0.4, -0.2) is 49.1 Å². The molecular weight excluding hydrogens is 845 g/mol. The number of benzene rings is 2. The summed E-state index contributed by atoms with van der Waals surface area (Å²) in [5.74, 6) is 1.37. The van der Waals surface area contributed by atoms with E-state index in [-0.39, 0.29) is 63.7 Å². The molecule has 7 nitrogen and oxygen atoms in total. The second-order valence-corrected chi connectivity index (χ2v) is 12.9.